The maximum absolute atomic E-state index is 13.4. The van der Waals surface area contributed by atoms with Crippen molar-refractivity contribution >= 4 is 13.6 Å². The molecule has 136 valence electrons. The predicted molar refractivity (Wildman–Crippen MR) is 89.0 cm³/mol. The number of carbonyl (C=O) groups excluding carboxylic acids is 1. The first-order chi connectivity index (χ1) is 11.1. The van der Waals surface area contributed by atoms with E-state index in [9.17, 15) is 14.5 Å². The lowest BCUT2D eigenvalue weighted by atomic mass is 10.1. The van der Waals surface area contributed by atoms with Crippen molar-refractivity contribution in [3.05, 3.63) is 29.8 Å². The lowest BCUT2D eigenvalue weighted by molar-refractivity contribution is -0.157. The van der Waals surface area contributed by atoms with Crippen molar-refractivity contribution in [3.63, 3.8) is 0 Å². The number of esters is 1. The van der Waals surface area contributed by atoms with Crippen molar-refractivity contribution in [1.82, 2.24) is 0 Å². The number of aliphatic hydroxyl groups is 1. The van der Waals surface area contributed by atoms with Gasteiger partial charge in [0, 0.05) is 5.56 Å². The van der Waals surface area contributed by atoms with Crippen LogP contribution in [-0.4, -0.2) is 37.5 Å². The Labute approximate surface area is 142 Å². The maximum Gasteiger partial charge on any atom is 0.378 e. The van der Waals surface area contributed by atoms with Crippen molar-refractivity contribution in [2.24, 2.45) is 0 Å². The normalized spacial score (nSPS) is 14.5. The molecule has 7 nitrogen and oxygen atoms in total. The highest BCUT2D eigenvalue weighted by Crippen LogP contribution is 2.65. The molecule has 1 aromatic carbocycles. The van der Waals surface area contributed by atoms with E-state index in [-0.39, 0.29) is 5.56 Å². The van der Waals surface area contributed by atoms with Crippen LogP contribution in [0, 0.1) is 0 Å². The molecule has 1 aromatic rings. The molecule has 1 N–H and O–H groups in total. The van der Waals surface area contributed by atoms with Crippen molar-refractivity contribution in [2.45, 2.75) is 45.2 Å². The molecule has 0 heterocycles. The van der Waals surface area contributed by atoms with Crippen LogP contribution < -0.4 is 4.74 Å². The number of ether oxygens (including phenoxy) is 2. The molecule has 0 fully saturated rings. The van der Waals surface area contributed by atoms with Gasteiger partial charge in [0.15, 0.2) is 0 Å². The van der Waals surface area contributed by atoms with E-state index in [0.29, 0.717) is 5.75 Å². The zero-order chi connectivity index (χ0) is 18.5. The van der Waals surface area contributed by atoms with Crippen LogP contribution in [0.5, 0.6) is 5.75 Å². The quantitative estimate of drug-likeness (QED) is 0.563. The molecular formula is C16H25O7P. The van der Waals surface area contributed by atoms with Crippen LogP contribution in [0.2, 0.25) is 0 Å². The van der Waals surface area contributed by atoms with Crippen molar-refractivity contribution in [3.8, 4) is 5.75 Å². The van der Waals surface area contributed by atoms with E-state index in [2.05, 4.69) is 4.74 Å². The van der Waals surface area contributed by atoms with E-state index >= 15 is 0 Å². The molecule has 0 saturated heterocycles. The average molecular weight is 360 g/mol. The first-order valence-electron chi connectivity index (χ1n) is 7.53. The minimum atomic E-state index is -4.33. The number of hydrogen-bond acceptors (Lipinski definition) is 7. The standard InChI is InChI=1S/C16H25O7P/c1-11(2)22-24(19,23-12(3)4)16(18,15(17)21-6)13-7-9-14(20-5)10-8-13/h7-12,18H,1-6H3. The molecular weight excluding hydrogens is 335 g/mol. The Hall–Kier alpha value is -1.40. The molecule has 1 unspecified atom stereocenters. The molecule has 0 aromatic heterocycles. The second-order valence-corrected chi connectivity index (χ2v) is 7.76. The van der Waals surface area contributed by atoms with Gasteiger partial charge in [-0.3, -0.25) is 4.57 Å². The van der Waals surface area contributed by atoms with Crippen molar-refractivity contribution in [2.75, 3.05) is 14.2 Å². The van der Waals surface area contributed by atoms with E-state index < -0.39 is 31.1 Å². The van der Waals surface area contributed by atoms with Gasteiger partial charge in [0.05, 0.1) is 26.4 Å². The molecule has 0 bridgehead atoms. The first kappa shape index (κ1) is 20.6. The van der Waals surface area contributed by atoms with E-state index in [1.807, 2.05) is 0 Å². The van der Waals surface area contributed by atoms with Crippen molar-refractivity contribution < 1.29 is 33.0 Å². The SMILES string of the molecule is COC(=O)C(O)(c1ccc(OC)cc1)P(=O)(OC(C)C)OC(C)C. The molecule has 1 rings (SSSR count). The molecule has 0 aliphatic carbocycles. The Kier molecular flexibility index (Phi) is 6.98. The van der Waals surface area contributed by atoms with E-state index in [1.165, 1.54) is 31.4 Å². The lowest BCUT2D eigenvalue weighted by Gasteiger charge is -2.34. The minimum Gasteiger partial charge on any atom is -0.497 e. The van der Waals surface area contributed by atoms with Gasteiger partial charge in [-0.05, 0) is 39.8 Å². The topological polar surface area (TPSA) is 91.3 Å². The molecule has 0 saturated carbocycles. The maximum atomic E-state index is 13.4. The summed E-state index contributed by atoms with van der Waals surface area (Å²) >= 11 is 0. The fourth-order valence-corrected chi connectivity index (χ4v) is 4.33. The third-order valence-electron chi connectivity index (χ3n) is 3.06. The summed E-state index contributed by atoms with van der Waals surface area (Å²) in [6.45, 7) is 6.51. The highest BCUT2D eigenvalue weighted by Gasteiger charge is 2.59. The third-order valence-corrected chi connectivity index (χ3v) is 5.69. The Morgan fingerprint density at radius 2 is 1.50 bits per heavy atom. The number of methoxy groups -OCH3 is 2. The second-order valence-electron chi connectivity index (χ2n) is 5.70. The van der Waals surface area contributed by atoms with Crippen LogP contribution in [0.25, 0.3) is 0 Å². The zero-order valence-corrected chi connectivity index (χ0v) is 15.7. The molecule has 0 aliphatic rings. The molecule has 0 amide bonds. The lowest BCUT2D eigenvalue weighted by Crippen LogP contribution is -2.39. The molecule has 0 spiro atoms. The van der Waals surface area contributed by atoms with Gasteiger partial charge >= 0.3 is 13.6 Å². The number of carbonyl (C=O) groups is 1. The van der Waals surface area contributed by atoms with Gasteiger partial charge in [-0.15, -0.1) is 0 Å². The number of benzene rings is 1. The van der Waals surface area contributed by atoms with Crippen LogP contribution in [0.15, 0.2) is 24.3 Å². The molecule has 24 heavy (non-hydrogen) atoms. The smallest absolute Gasteiger partial charge is 0.378 e. The van der Waals surface area contributed by atoms with Crippen LogP contribution in [-0.2, 0) is 28.5 Å². The fourth-order valence-electron chi connectivity index (χ4n) is 2.09. The summed E-state index contributed by atoms with van der Waals surface area (Å²) in [4.78, 5) is 12.4. The predicted octanol–water partition coefficient (Wildman–Crippen LogP) is 3.06. The van der Waals surface area contributed by atoms with Gasteiger partial charge in [-0.2, -0.15) is 0 Å². The Morgan fingerprint density at radius 1 is 1.04 bits per heavy atom. The summed E-state index contributed by atoms with van der Waals surface area (Å²) in [6.07, 6.45) is -1.10. The van der Waals surface area contributed by atoms with E-state index in [4.69, 9.17) is 13.8 Å². The second kappa shape index (κ2) is 8.12. The van der Waals surface area contributed by atoms with E-state index in [0.717, 1.165) is 7.11 Å². The summed E-state index contributed by atoms with van der Waals surface area (Å²) in [5, 5.41) is 8.51. The summed E-state index contributed by atoms with van der Waals surface area (Å²) in [5.74, 6) is -0.618. The monoisotopic (exact) mass is 360 g/mol. The largest absolute Gasteiger partial charge is 0.497 e. The van der Waals surface area contributed by atoms with Crippen LogP contribution in [0.3, 0.4) is 0 Å². The molecule has 0 radical (unpaired) electrons. The van der Waals surface area contributed by atoms with Crippen LogP contribution >= 0.6 is 7.60 Å². The number of rotatable bonds is 8. The Bertz CT molecular complexity index is 583. The minimum absolute atomic E-state index is 0.0276. The molecule has 8 heteroatoms. The third kappa shape index (κ3) is 4.16. The van der Waals surface area contributed by atoms with Crippen LogP contribution in [0.4, 0.5) is 0 Å². The molecule has 1 atom stereocenters. The fraction of sp³-hybridized carbons (Fsp3) is 0.562. The van der Waals surface area contributed by atoms with Crippen LogP contribution in [0.1, 0.15) is 33.3 Å². The number of hydrogen-bond donors (Lipinski definition) is 1. The summed E-state index contributed by atoms with van der Waals surface area (Å²) in [5.41, 5.74) is 0.0276. The van der Waals surface area contributed by atoms with Gasteiger partial charge in [-0.25, -0.2) is 4.79 Å². The highest BCUT2D eigenvalue weighted by molar-refractivity contribution is 7.56. The zero-order valence-electron chi connectivity index (χ0n) is 14.8. The van der Waals surface area contributed by atoms with E-state index in [1.54, 1.807) is 27.7 Å². The average Bonchev–Trinajstić information content (AvgIpc) is 2.51. The summed E-state index contributed by atoms with van der Waals surface area (Å²) in [6, 6.07) is 5.88. The highest BCUT2D eigenvalue weighted by atomic mass is 31.2. The van der Waals surface area contributed by atoms with Gasteiger partial charge in [0.2, 0.25) is 0 Å². The van der Waals surface area contributed by atoms with Gasteiger partial charge in [0.1, 0.15) is 5.75 Å². The first-order valence-corrected chi connectivity index (χ1v) is 9.07. The van der Waals surface area contributed by atoms with Gasteiger partial charge in [-0.1, -0.05) is 12.1 Å². The summed E-state index contributed by atoms with van der Waals surface area (Å²) in [7, 11) is -1.76. The Morgan fingerprint density at radius 3 is 1.83 bits per heavy atom. The van der Waals surface area contributed by atoms with Gasteiger partial charge < -0.3 is 23.6 Å². The summed E-state index contributed by atoms with van der Waals surface area (Å²) < 4.78 is 33.9. The Balaban J connectivity index is 3.54. The molecule has 0 aliphatic heterocycles. The van der Waals surface area contributed by atoms with Gasteiger partial charge in [0.25, 0.3) is 5.34 Å². The van der Waals surface area contributed by atoms with Crippen molar-refractivity contribution in [1.29, 1.82) is 0 Å².